The molecule has 0 spiro atoms. The Hall–Kier alpha value is -0.710. The number of alkyl halides is 2. The predicted octanol–water partition coefficient (Wildman–Crippen LogP) is 0.547. The van der Waals surface area contributed by atoms with E-state index in [4.69, 9.17) is 0 Å². The predicted molar refractivity (Wildman–Crippen MR) is 38.0 cm³/mol. The van der Waals surface area contributed by atoms with E-state index in [1.807, 2.05) is 0 Å². The minimum atomic E-state index is -2.67. The van der Waals surface area contributed by atoms with Crippen LogP contribution >= 0.6 is 0 Å². The van der Waals surface area contributed by atoms with Crippen LogP contribution in [0.5, 0.6) is 0 Å². The topological polar surface area (TPSA) is 38.3 Å². The van der Waals surface area contributed by atoms with Crippen LogP contribution in [-0.4, -0.2) is 31.6 Å². The maximum Gasteiger partial charge on any atom is 0.307 e. The first-order chi connectivity index (χ1) is 5.53. The summed E-state index contributed by atoms with van der Waals surface area (Å²) in [5.41, 5.74) is 0. The molecule has 0 saturated carbocycles. The zero-order valence-electron chi connectivity index (χ0n) is 6.77. The molecule has 1 saturated heterocycles. The second-order valence-corrected chi connectivity index (χ2v) is 2.92. The van der Waals surface area contributed by atoms with Gasteiger partial charge in [-0.25, -0.2) is 8.78 Å². The van der Waals surface area contributed by atoms with E-state index in [0.717, 1.165) is 0 Å². The summed E-state index contributed by atoms with van der Waals surface area (Å²) in [7, 11) is 1.25. The fourth-order valence-corrected chi connectivity index (χ4v) is 1.23. The highest BCUT2D eigenvalue weighted by molar-refractivity contribution is 5.70. The molecule has 0 aliphatic carbocycles. The number of carbonyl (C=O) groups is 1. The average molecular weight is 179 g/mol. The van der Waals surface area contributed by atoms with E-state index < -0.39 is 17.9 Å². The van der Waals surface area contributed by atoms with Crippen molar-refractivity contribution in [1.29, 1.82) is 0 Å². The molecular formula is C7H11F2NO2. The van der Waals surface area contributed by atoms with Crippen molar-refractivity contribution in [1.82, 2.24) is 5.32 Å². The molecule has 0 amide bonds. The number of hydrogen-bond donors (Lipinski definition) is 1. The third-order valence-corrected chi connectivity index (χ3v) is 1.84. The van der Waals surface area contributed by atoms with Gasteiger partial charge in [0.1, 0.15) is 0 Å². The van der Waals surface area contributed by atoms with Gasteiger partial charge in [-0.2, -0.15) is 0 Å². The molecule has 1 aliphatic heterocycles. The van der Waals surface area contributed by atoms with Crippen LogP contribution in [0, 0.1) is 0 Å². The van der Waals surface area contributed by atoms with Crippen molar-refractivity contribution >= 4 is 5.97 Å². The van der Waals surface area contributed by atoms with Gasteiger partial charge in [-0.05, 0) is 0 Å². The van der Waals surface area contributed by atoms with Gasteiger partial charge in [-0.3, -0.25) is 4.79 Å². The molecule has 0 aromatic rings. The SMILES string of the molecule is COC(=O)C[C@@H]1CC(F)(F)CN1. The van der Waals surface area contributed by atoms with Crippen molar-refractivity contribution in [2.75, 3.05) is 13.7 Å². The molecule has 0 aromatic heterocycles. The summed E-state index contributed by atoms with van der Waals surface area (Å²) >= 11 is 0. The normalized spacial score (nSPS) is 27.1. The number of nitrogens with one attached hydrogen (secondary N) is 1. The Labute approximate surface area is 69.1 Å². The van der Waals surface area contributed by atoms with Crippen LogP contribution in [0.4, 0.5) is 8.78 Å². The third-order valence-electron chi connectivity index (χ3n) is 1.84. The monoisotopic (exact) mass is 179 g/mol. The molecule has 5 heteroatoms. The van der Waals surface area contributed by atoms with Crippen LogP contribution in [0.25, 0.3) is 0 Å². The summed E-state index contributed by atoms with van der Waals surface area (Å²) < 4.78 is 29.4. The van der Waals surface area contributed by atoms with E-state index in [1.54, 1.807) is 0 Å². The molecule has 12 heavy (non-hydrogen) atoms. The Bertz CT molecular complexity index is 184. The Morgan fingerprint density at radius 2 is 2.42 bits per heavy atom. The van der Waals surface area contributed by atoms with Crippen LogP contribution in [0.1, 0.15) is 12.8 Å². The van der Waals surface area contributed by atoms with Crippen LogP contribution < -0.4 is 5.32 Å². The largest absolute Gasteiger partial charge is 0.469 e. The lowest BCUT2D eigenvalue weighted by Gasteiger charge is -2.07. The summed E-state index contributed by atoms with van der Waals surface area (Å²) in [6, 6.07) is -0.438. The van der Waals surface area contributed by atoms with Gasteiger partial charge < -0.3 is 10.1 Å². The molecule has 0 bridgehead atoms. The molecule has 3 nitrogen and oxygen atoms in total. The molecule has 0 radical (unpaired) electrons. The Morgan fingerprint density at radius 3 is 2.83 bits per heavy atom. The van der Waals surface area contributed by atoms with Crippen molar-refractivity contribution in [2.45, 2.75) is 24.8 Å². The molecule has 0 aromatic carbocycles. The van der Waals surface area contributed by atoms with Crippen molar-refractivity contribution in [3.8, 4) is 0 Å². The first kappa shape index (κ1) is 9.38. The second kappa shape index (κ2) is 3.35. The van der Waals surface area contributed by atoms with Crippen molar-refractivity contribution in [3.05, 3.63) is 0 Å². The lowest BCUT2D eigenvalue weighted by molar-refractivity contribution is -0.141. The fourth-order valence-electron chi connectivity index (χ4n) is 1.23. The quantitative estimate of drug-likeness (QED) is 0.629. The molecule has 1 aliphatic rings. The maximum absolute atomic E-state index is 12.5. The first-order valence-corrected chi connectivity index (χ1v) is 3.71. The minimum absolute atomic E-state index is 0.0199. The Kier molecular flexibility index (Phi) is 2.62. The van der Waals surface area contributed by atoms with Gasteiger partial charge in [0.2, 0.25) is 0 Å². The smallest absolute Gasteiger partial charge is 0.307 e. The van der Waals surface area contributed by atoms with Crippen LogP contribution in [0.2, 0.25) is 0 Å². The van der Waals surface area contributed by atoms with Crippen molar-refractivity contribution in [3.63, 3.8) is 0 Å². The highest BCUT2D eigenvalue weighted by atomic mass is 19.3. The molecule has 1 N–H and O–H groups in total. The third kappa shape index (κ3) is 2.41. The van der Waals surface area contributed by atoms with Gasteiger partial charge in [0.15, 0.2) is 0 Å². The number of hydrogen-bond acceptors (Lipinski definition) is 3. The highest BCUT2D eigenvalue weighted by Gasteiger charge is 2.39. The first-order valence-electron chi connectivity index (χ1n) is 3.71. The zero-order valence-corrected chi connectivity index (χ0v) is 6.77. The Balaban J connectivity index is 2.33. The number of methoxy groups -OCH3 is 1. The van der Waals surface area contributed by atoms with E-state index >= 15 is 0 Å². The van der Waals surface area contributed by atoms with Crippen molar-refractivity contribution in [2.24, 2.45) is 0 Å². The number of carbonyl (C=O) groups excluding carboxylic acids is 1. The van der Waals surface area contributed by atoms with Crippen LogP contribution in [-0.2, 0) is 9.53 Å². The molecular weight excluding hydrogens is 168 g/mol. The van der Waals surface area contributed by atoms with E-state index in [0.29, 0.717) is 0 Å². The molecule has 1 rings (SSSR count). The molecule has 0 unspecified atom stereocenters. The molecule has 1 fully saturated rings. The number of ether oxygens (including phenoxy) is 1. The lowest BCUT2D eigenvalue weighted by Crippen LogP contribution is -2.25. The second-order valence-electron chi connectivity index (χ2n) is 2.92. The molecule has 1 atom stereocenters. The van der Waals surface area contributed by atoms with E-state index in [2.05, 4.69) is 10.1 Å². The summed E-state index contributed by atoms with van der Waals surface area (Å²) in [5, 5.41) is 2.56. The standard InChI is InChI=1S/C7H11F2NO2/c1-12-6(11)2-5-3-7(8,9)4-10-5/h5,10H,2-4H2,1H3/t5-/m1/s1. The van der Waals surface area contributed by atoms with E-state index in [1.165, 1.54) is 7.11 Å². The van der Waals surface area contributed by atoms with E-state index in [-0.39, 0.29) is 19.4 Å². The number of rotatable bonds is 2. The zero-order chi connectivity index (χ0) is 9.19. The summed E-state index contributed by atoms with van der Waals surface area (Å²) in [5.74, 6) is -3.12. The lowest BCUT2D eigenvalue weighted by atomic mass is 10.1. The van der Waals surface area contributed by atoms with Crippen molar-refractivity contribution < 1.29 is 18.3 Å². The van der Waals surface area contributed by atoms with E-state index in [9.17, 15) is 13.6 Å². The summed E-state index contributed by atoms with van der Waals surface area (Å²) in [4.78, 5) is 10.7. The fraction of sp³-hybridized carbons (Fsp3) is 0.857. The van der Waals surface area contributed by atoms with Gasteiger partial charge in [0, 0.05) is 12.5 Å². The van der Waals surface area contributed by atoms with Crippen LogP contribution in [0.15, 0.2) is 0 Å². The van der Waals surface area contributed by atoms with Crippen LogP contribution in [0.3, 0.4) is 0 Å². The number of halogens is 2. The maximum atomic E-state index is 12.5. The molecule has 1 heterocycles. The number of esters is 1. The van der Waals surface area contributed by atoms with Gasteiger partial charge >= 0.3 is 5.97 Å². The van der Waals surface area contributed by atoms with Gasteiger partial charge in [-0.15, -0.1) is 0 Å². The Morgan fingerprint density at radius 1 is 1.75 bits per heavy atom. The summed E-state index contributed by atoms with van der Waals surface area (Å²) in [6.07, 6.45) is -0.256. The average Bonchev–Trinajstić information content (AvgIpc) is 2.30. The molecule has 70 valence electrons. The summed E-state index contributed by atoms with van der Waals surface area (Å²) in [6.45, 7) is -0.339. The van der Waals surface area contributed by atoms with Gasteiger partial charge in [-0.1, -0.05) is 0 Å². The minimum Gasteiger partial charge on any atom is -0.469 e. The highest BCUT2D eigenvalue weighted by Crippen LogP contribution is 2.26. The van der Waals surface area contributed by atoms with Gasteiger partial charge in [0.05, 0.1) is 20.1 Å². The van der Waals surface area contributed by atoms with Gasteiger partial charge in [0.25, 0.3) is 5.92 Å².